The first-order valence-electron chi connectivity index (χ1n) is 17.7. The second-order valence-corrected chi connectivity index (χ2v) is 19.5. The highest BCUT2D eigenvalue weighted by atomic mass is 28.3. The van der Waals surface area contributed by atoms with E-state index in [1.165, 1.54) is 48.6 Å². The Morgan fingerprint density at radius 1 is 0.327 bits per heavy atom. The van der Waals surface area contributed by atoms with Crippen LogP contribution in [0.2, 0.25) is 19.6 Å². The van der Waals surface area contributed by atoms with Crippen molar-refractivity contribution in [3.63, 3.8) is 0 Å². The molecule has 0 aliphatic rings. The van der Waals surface area contributed by atoms with Gasteiger partial charge in [0.1, 0.15) is 0 Å². The van der Waals surface area contributed by atoms with Crippen molar-refractivity contribution < 1.29 is 0 Å². The molecule has 0 atom stereocenters. The van der Waals surface area contributed by atoms with Gasteiger partial charge in [-0.25, -0.2) is 15.0 Å². The van der Waals surface area contributed by atoms with E-state index in [-0.39, 0.29) is 0 Å². The van der Waals surface area contributed by atoms with Crippen LogP contribution in [0.25, 0.3) is 88.7 Å². The van der Waals surface area contributed by atoms with Crippen LogP contribution in [-0.2, 0) is 0 Å². The number of rotatable bonds is 6. The van der Waals surface area contributed by atoms with Crippen molar-refractivity contribution >= 4 is 45.6 Å². The average molecular weight is 685 g/mol. The maximum atomic E-state index is 5.04. The monoisotopic (exact) mass is 684 g/mol. The van der Waals surface area contributed by atoms with E-state index in [1.807, 2.05) is 12.1 Å². The zero-order valence-electron chi connectivity index (χ0n) is 29.4. The Hall–Kier alpha value is -6.30. The first-order chi connectivity index (χ1) is 25.4. The Morgan fingerprint density at radius 3 is 1.27 bits per heavy atom. The molecule has 7 aromatic carbocycles. The van der Waals surface area contributed by atoms with Gasteiger partial charge >= 0.3 is 0 Å². The third-order valence-electron chi connectivity index (χ3n) is 9.98. The third-order valence-corrected chi connectivity index (χ3v) is 12.0. The van der Waals surface area contributed by atoms with Gasteiger partial charge in [0.2, 0.25) is 0 Å². The molecule has 0 aliphatic carbocycles. The molecule has 0 bridgehead atoms. The van der Waals surface area contributed by atoms with E-state index >= 15 is 0 Å². The van der Waals surface area contributed by atoms with Crippen LogP contribution in [0, 0.1) is 0 Å². The summed E-state index contributed by atoms with van der Waals surface area (Å²) < 4.78 is 0. The van der Waals surface area contributed by atoms with E-state index in [4.69, 9.17) is 15.0 Å². The standard InChI is InChI=1S/C47H36N4Si/c1-52(2,3)38-21-18-31(19-22-38)45-49-46(32-24-26-48-27-25-32)51-47(50-45)37-13-9-12-35(29-37)33-10-8-11-34(28-33)36-20-23-43-41-16-5-4-14-39(41)40-15-6-7-17-42(40)44(43)30-36/h4-30H,1-3H3. The largest absolute Gasteiger partial charge is 0.265 e. The van der Waals surface area contributed by atoms with Crippen LogP contribution in [0.5, 0.6) is 0 Å². The number of hydrogen-bond donors (Lipinski definition) is 0. The summed E-state index contributed by atoms with van der Waals surface area (Å²) in [5.74, 6) is 1.92. The lowest BCUT2D eigenvalue weighted by molar-refractivity contribution is 1.07. The van der Waals surface area contributed by atoms with Gasteiger partial charge in [0, 0.05) is 29.1 Å². The molecule has 4 nitrogen and oxygen atoms in total. The molecule has 0 amide bonds. The highest BCUT2D eigenvalue weighted by Crippen LogP contribution is 2.38. The van der Waals surface area contributed by atoms with Crippen molar-refractivity contribution in [3.8, 4) is 56.4 Å². The van der Waals surface area contributed by atoms with E-state index in [1.54, 1.807) is 12.4 Å². The van der Waals surface area contributed by atoms with Crippen LogP contribution in [-0.4, -0.2) is 28.0 Å². The second-order valence-electron chi connectivity index (χ2n) is 14.4. The number of pyridine rings is 1. The molecule has 0 spiro atoms. The zero-order chi connectivity index (χ0) is 35.2. The smallest absolute Gasteiger partial charge is 0.164 e. The topological polar surface area (TPSA) is 51.6 Å². The summed E-state index contributed by atoms with van der Waals surface area (Å²) in [7, 11) is -1.44. The maximum Gasteiger partial charge on any atom is 0.164 e. The molecule has 0 aliphatic heterocycles. The molecular formula is C47H36N4Si. The van der Waals surface area contributed by atoms with E-state index in [0.717, 1.165) is 27.8 Å². The Balaban J connectivity index is 1.12. The van der Waals surface area contributed by atoms with E-state index < -0.39 is 8.07 Å². The van der Waals surface area contributed by atoms with Crippen LogP contribution in [0.4, 0.5) is 0 Å². The van der Waals surface area contributed by atoms with Crippen LogP contribution >= 0.6 is 0 Å². The Kier molecular flexibility index (Phi) is 7.79. The molecule has 2 aromatic heterocycles. The molecule has 2 heterocycles. The Labute approximate surface area is 304 Å². The zero-order valence-corrected chi connectivity index (χ0v) is 30.4. The summed E-state index contributed by atoms with van der Waals surface area (Å²) in [4.78, 5) is 19.2. The minimum atomic E-state index is -1.44. The van der Waals surface area contributed by atoms with Crippen molar-refractivity contribution in [2.45, 2.75) is 19.6 Å². The van der Waals surface area contributed by atoms with Gasteiger partial charge in [0.05, 0.1) is 8.07 Å². The summed E-state index contributed by atoms with van der Waals surface area (Å²) in [6.45, 7) is 7.08. The van der Waals surface area contributed by atoms with Crippen molar-refractivity contribution in [1.82, 2.24) is 19.9 Å². The molecule has 9 aromatic rings. The van der Waals surface area contributed by atoms with Crippen LogP contribution in [0.15, 0.2) is 164 Å². The van der Waals surface area contributed by atoms with E-state index in [9.17, 15) is 0 Å². The Morgan fingerprint density at radius 2 is 0.731 bits per heavy atom. The third kappa shape index (κ3) is 5.85. The minimum absolute atomic E-state index is 0.626. The summed E-state index contributed by atoms with van der Waals surface area (Å²) >= 11 is 0. The lowest BCUT2D eigenvalue weighted by atomic mass is 9.91. The number of fused-ring (bicyclic) bond motifs is 6. The van der Waals surface area contributed by atoms with Crippen LogP contribution in [0.1, 0.15) is 0 Å². The lowest BCUT2D eigenvalue weighted by Gasteiger charge is -2.16. The van der Waals surface area contributed by atoms with Gasteiger partial charge < -0.3 is 0 Å². The number of benzene rings is 7. The first-order valence-corrected chi connectivity index (χ1v) is 21.2. The average Bonchev–Trinajstić information content (AvgIpc) is 3.21. The predicted octanol–water partition coefficient (Wildman–Crippen LogP) is 11.6. The molecule has 0 saturated carbocycles. The number of nitrogens with zero attached hydrogens (tertiary/aromatic N) is 4. The second kappa shape index (κ2) is 12.8. The van der Waals surface area contributed by atoms with Crippen LogP contribution < -0.4 is 5.19 Å². The lowest BCUT2D eigenvalue weighted by Crippen LogP contribution is -2.37. The first kappa shape index (κ1) is 31.7. The predicted molar refractivity (Wildman–Crippen MR) is 220 cm³/mol. The molecule has 0 radical (unpaired) electrons. The molecule has 9 rings (SSSR count). The number of aromatic nitrogens is 4. The van der Waals surface area contributed by atoms with Gasteiger partial charge in [-0.2, -0.15) is 0 Å². The van der Waals surface area contributed by atoms with Crippen LogP contribution in [0.3, 0.4) is 0 Å². The van der Waals surface area contributed by atoms with Gasteiger partial charge in [-0.15, -0.1) is 0 Å². The molecule has 0 N–H and O–H groups in total. The molecule has 5 heteroatoms. The summed E-state index contributed by atoms with van der Waals surface area (Å²) in [6, 6.07) is 54.3. The highest BCUT2D eigenvalue weighted by Gasteiger charge is 2.18. The fourth-order valence-electron chi connectivity index (χ4n) is 7.19. The normalized spacial score (nSPS) is 11.8. The molecule has 0 fully saturated rings. The fourth-order valence-corrected chi connectivity index (χ4v) is 8.35. The fraction of sp³-hybridized carbons (Fsp3) is 0.0638. The maximum absolute atomic E-state index is 5.04. The van der Waals surface area contributed by atoms with E-state index in [2.05, 4.69) is 164 Å². The summed E-state index contributed by atoms with van der Waals surface area (Å²) in [5.41, 5.74) is 7.41. The Bertz CT molecular complexity index is 2730. The van der Waals surface area contributed by atoms with Crippen molar-refractivity contribution in [2.75, 3.05) is 0 Å². The van der Waals surface area contributed by atoms with Gasteiger partial charge in [-0.3, -0.25) is 4.98 Å². The highest BCUT2D eigenvalue weighted by molar-refractivity contribution is 6.88. The molecule has 0 unspecified atom stereocenters. The van der Waals surface area contributed by atoms with Gasteiger partial charge in [-0.1, -0.05) is 146 Å². The van der Waals surface area contributed by atoms with Gasteiger partial charge in [-0.05, 0) is 84.9 Å². The quantitative estimate of drug-likeness (QED) is 0.129. The van der Waals surface area contributed by atoms with Gasteiger partial charge in [0.15, 0.2) is 17.5 Å². The van der Waals surface area contributed by atoms with Crippen molar-refractivity contribution in [3.05, 3.63) is 164 Å². The SMILES string of the molecule is C[Si](C)(C)c1ccc(-c2nc(-c3ccncc3)nc(-c3cccc(-c4cccc(-c5ccc6c7ccccc7c7ccccc7c6c5)c4)c3)n2)cc1. The molecule has 248 valence electrons. The van der Waals surface area contributed by atoms with Gasteiger partial charge in [0.25, 0.3) is 0 Å². The molecule has 52 heavy (non-hydrogen) atoms. The van der Waals surface area contributed by atoms with Crippen molar-refractivity contribution in [2.24, 2.45) is 0 Å². The molecular weight excluding hydrogens is 649 g/mol. The number of hydrogen-bond acceptors (Lipinski definition) is 4. The van der Waals surface area contributed by atoms with E-state index in [0.29, 0.717) is 17.5 Å². The summed E-state index contributed by atoms with van der Waals surface area (Å²) in [5, 5.41) is 9.08. The molecule has 0 saturated heterocycles. The summed E-state index contributed by atoms with van der Waals surface area (Å²) in [6.07, 6.45) is 3.55. The minimum Gasteiger partial charge on any atom is -0.265 e. The van der Waals surface area contributed by atoms with Crippen molar-refractivity contribution in [1.29, 1.82) is 0 Å².